The van der Waals surface area contributed by atoms with E-state index in [1.54, 1.807) is 0 Å². The molecule has 1 unspecified atom stereocenters. The van der Waals surface area contributed by atoms with Crippen LogP contribution in [0.5, 0.6) is 0 Å². The summed E-state index contributed by atoms with van der Waals surface area (Å²) >= 11 is 1.14. The fourth-order valence-corrected chi connectivity index (χ4v) is 3.35. The summed E-state index contributed by atoms with van der Waals surface area (Å²) < 4.78 is 39.8. The molecule has 0 saturated carbocycles. The van der Waals surface area contributed by atoms with Gasteiger partial charge in [0.25, 0.3) is 0 Å². The molecule has 19 heavy (non-hydrogen) atoms. The fraction of sp³-hybridized carbons (Fsp3) is 0.308. The minimum Gasteiger partial charge on any atom is -0.388 e. The van der Waals surface area contributed by atoms with Crippen molar-refractivity contribution in [2.24, 2.45) is 0 Å². The summed E-state index contributed by atoms with van der Waals surface area (Å²) in [6.07, 6.45) is 1.59. The lowest BCUT2D eigenvalue weighted by Crippen LogP contribution is -2.06. The Balaban J connectivity index is 2.11. The van der Waals surface area contributed by atoms with Gasteiger partial charge in [-0.25, -0.2) is 18.2 Å². The van der Waals surface area contributed by atoms with Crippen molar-refractivity contribution in [3.05, 3.63) is 40.2 Å². The molecule has 100 valence electrons. The normalized spacial score (nSPS) is 18.4. The van der Waals surface area contributed by atoms with E-state index in [9.17, 15) is 18.3 Å². The van der Waals surface area contributed by atoms with Crippen molar-refractivity contribution in [2.45, 2.75) is 25.4 Å². The third kappa shape index (κ3) is 2.04. The van der Waals surface area contributed by atoms with Crippen LogP contribution in [0.3, 0.4) is 0 Å². The van der Waals surface area contributed by atoms with E-state index >= 15 is 0 Å². The molecule has 0 amide bonds. The summed E-state index contributed by atoms with van der Waals surface area (Å²) in [5.74, 6) is -3.95. The minimum absolute atomic E-state index is 0.0644. The zero-order chi connectivity index (χ0) is 13.6. The van der Waals surface area contributed by atoms with Crippen molar-refractivity contribution >= 4 is 11.3 Å². The number of hydrogen-bond acceptors (Lipinski definition) is 3. The molecule has 1 heterocycles. The molecule has 1 aromatic heterocycles. The van der Waals surface area contributed by atoms with Crippen molar-refractivity contribution in [1.82, 2.24) is 4.98 Å². The highest BCUT2D eigenvalue weighted by molar-refractivity contribution is 7.15. The molecule has 3 rings (SSSR count). The second-order valence-corrected chi connectivity index (χ2v) is 5.49. The second kappa shape index (κ2) is 4.61. The number of benzene rings is 1. The van der Waals surface area contributed by atoms with E-state index in [2.05, 4.69) is 4.98 Å². The van der Waals surface area contributed by atoms with Crippen LogP contribution in [0.25, 0.3) is 10.6 Å². The molecule has 0 saturated heterocycles. The maximum atomic E-state index is 13.7. The highest BCUT2D eigenvalue weighted by Crippen LogP contribution is 2.38. The largest absolute Gasteiger partial charge is 0.388 e. The lowest BCUT2D eigenvalue weighted by molar-refractivity contribution is 0.160. The quantitative estimate of drug-likeness (QED) is 0.812. The number of fused-ring (bicyclic) bond motifs is 1. The van der Waals surface area contributed by atoms with Crippen LogP contribution in [0.1, 0.15) is 29.5 Å². The zero-order valence-electron chi connectivity index (χ0n) is 9.79. The van der Waals surface area contributed by atoms with Gasteiger partial charge in [0.2, 0.25) is 0 Å². The number of thiazole rings is 1. The van der Waals surface area contributed by atoms with E-state index in [0.29, 0.717) is 17.7 Å². The number of halogens is 3. The minimum atomic E-state index is -1.49. The van der Waals surface area contributed by atoms with Crippen LogP contribution >= 0.6 is 11.3 Å². The molecule has 2 aromatic rings. The summed E-state index contributed by atoms with van der Waals surface area (Å²) in [5, 5.41) is 10.1. The van der Waals surface area contributed by atoms with Gasteiger partial charge in [-0.15, -0.1) is 11.3 Å². The molecule has 6 heteroatoms. The predicted molar refractivity (Wildman–Crippen MR) is 65.3 cm³/mol. The molecule has 2 nitrogen and oxygen atoms in total. The van der Waals surface area contributed by atoms with Crippen LogP contribution < -0.4 is 0 Å². The average Bonchev–Trinajstić information content (AvgIpc) is 2.81. The Morgan fingerprint density at radius 2 is 2.00 bits per heavy atom. The van der Waals surface area contributed by atoms with Gasteiger partial charge in [0.1, 0.15) is 5.01 Å². The molecular weight excluding hydrogens is 275 g/mol. The van der Waals surface area contributed by atoms with Gasteiger partial charge in [-0.3, -0.25) is 0 Å². The molecule has 1 aliphatic carbocycles. The first-order valence-electron chi connectivity index (χ1n) is 5.89. The van der Waals surface area contributed by atoms with Crippen molar-refractivity contribution < 1.29 is 18.3 Å². The van der Waals surface area contributed by atoms with Crippen LogP contribution in [-0.4, -0.2) is 10.1 Å². The summed E-state index contributed by atoms with van der Waals surface area (Å²) in [4.78, 5) is 4.93. The van der Waals surface area contributed by atoms with Crippen molar-refractivity contribution in [3.63, 3.8) is 0 Å². The number of rotatable bonds is 1. The Labute approximate surface area is 111 Å². The highest BCUT2D eigenvalue weighted by atomic mass is 32.1. The van der Waals surface area contributed by atoms with Crippen molar-refractivity contribution in [3.8, 4) is 10.6 Å². The van der Waals surface area contributed by atoms with Gasteiger partial charge in [0, 0.05) is 5.56 Å². The number of aliphatic hydroxyl groups is 1. The maximum absolute atomic E-state index is 13.7. The highest BCUT2D eigenvalue weighted by Gasteiger charge is 2.25. The van der Waals surface area contributed by atoms with E-state index in [4.69, 9.17) is 0 Å². The van der Waals surface area contributed by atoms with E-state index < -0.39 is 23.6 Å². The van der Waals surface area contributed by atoms with Crippen LogP contribution in [0.4, 0.5) is 13.2 Å². The zero-order valence-corrected chi connectivity index (χ0v) is 10.6. The third-order valence-corrected chi connectivity index (χ3v) is 4.42. The molecule has 0 spiro atoms. The lowest BCUT2D eigenvalue weighted by atomic mass is 10.0. The topological polar surface area (TPSA) is 33.1 Å². The molecule has 0 bridgehead atoms. The monoisotopic (exact) mass is 285 g/mol. The van der Waals surface area contributed by atoms with Crippen molar-refractivity contribution in [2.75, 3.05) is 0 Å². The fourth-order valence-electron chi connectivity index (χ4n) is 2.20. The molecule has 0 aliphatic heterocycles. The Hall–Kier alpha value is -1.40. The Morgan fingerprint density at radius 3 is 2.74 bits per heavy atom. The number of aryl methyl sites for hydroxylation is 1. The van der Waals surface area contributed by atoms with E-state index in [-0.39, 0.29) is 10.6 Å². The smallest absolute Gasteiger partial charge is 0.195 e. The first-order chi connectivity index (χ1) is 9.08. The summed E-state index contributed by atoms with van der Waals surface area (Å²) in [6.45, 7) is 0. The summed E-state index contributed by atoms with van der Waals surface area (Å²) in [6, 6.07) is 2.05. The van der Waals surface area contributed by atoms with Crippen LogP contribution in [0.2, 0.25) is 0 Å². The SMILES string of the molecule is OC1CCCc2nc(-c3ccc(F)c(F)c3F)sc21. The third-order valence-electron chi connectivity index (χ3n) is 3.19. The van der Waals surface area contributed by atoms with Crippen LogP contribution in [-0.2, 0) is 6.42 Å². The van der Waals surface area contributed by atoms with Gasteiger partial charge in [-0.05, 0) is 31.4 Å². The first-order valence-corrected chi connectivity index (χ1v) is 6.71. The van der Waals surface area contributed by atoms with Gasteiger partial charge in [-0.1, -0.05) is 0 Å². The standard InChI is InChI=1S/C13H10F3NOS/c14-7-5-4-6(10(15)11(7)16)13-17-8-2-1-3-9(18)12(8)19-13/h4-5,9,18H,1-3H2. The Morgan fingerprint density at radius 1 is 1.21 bits per heavy atom. The summed E-state index contributed by atoms with van der Waals surface area (Å²) in [5.41, 5.74) is 0.661. The molecule has 1 atom stereocenters. The van der Waals surface area contributed by atoms with Gasteiger partial charge < -0.3 is 5.11 Å². The maximum Gasteiger partial charge on any atom is 0.195 e. The number of hydrogen-bond donors (Lipinski definition) is 1. The molecular formula is C13H10F3NOS. The van der Waals surface area contributed by atoms with Crippen LogP contribution in [0.15, 0.2) is 12.1 Å². The van der Waals surface area contributed by atoms with Crippen molar-refractivity contribution in [1.29, 1.82) is 0 Å². The number of aliphatic hydroxyl groups excluding tert-OH is 1. The van der Waals surface area contributed by atoms with E-state index in [1.807, 2.05) is 0 Å². The van der Waals surface area contributed by atoms with Gasteiger partial charge in [0.05, 0.1) is 16.7 Å². The number of nitrogens with zero attached hydrogens (tertiary/aromatic N) is 1. The predicted octanol–water partition coefficient (Wildman–Crippen LogP) is 3.60. The van der Waals surface area contributed by atoms with Gasteiger partial charge in [0.15, 0.2) is 17.5 Å². The molecule has 1 aromatic carbocycles. The number of aromatic nitrogens is 1. The molecule has 0 radical (unpaired) electrons. The lowest BCUT2D eigenvalue weighted by Gasteiger charge is -2.14. The second-order valence-electron chi connectivity index (χ2n) is 4.46. The Bertz CT molecular complexity index is 641. The molecule has 1 aliphatic rings. The van der Waals surface area contributed by atoms with Crippen LogP contribution in [0, 0.1) is 17.5 Å². The summed E-state index contributed by atoms with van der Waals surface area (Å²) in [7, 11) is 0. The average molecular weight is 285 g/mol. The van der Waals surface area contributed by atoms with Gasteiger partial charge in [-0.2, -0.15) is 0 Å². The van der Waals surface area contributed by atoms with E-state index in [0.717, 1.165) is 29.5 Å². The Kier molecular flexibility index (Phi) is 3.06. The van der Waals surface area contributed by atoms with E-state index in [1.165, 1.54) is 6.07 Å². The van der Waals surface area contributed by atoms with Gasteiger partial charge >= 0.3 is 0 Å². The molecule has 0 fully saturated rings. The first kappa shape index (κ1) is 12.6. The molecule has 1 N–H and O–H groups in total.